The second-order valence-electron chi connectivity index (χ2n) is 6.57. The van der Waals surface area contributed by atoms with Crippen LogP contribution in [0.1, 0.15) is 38.4 Å². The Kier molecular flexibility index (Phi) is 5.76. The molecule has 0 spiro atoms. The van der Waals surface area contributed by atoms with Gasteiger partial charge in [0.1, 0.15) is 5.52 Å². The van der Waals surface area contributed by atoms with Crippen LogP contribution in [0.15, 0.2) is 66.0 Å². The Balaban J connectivity index is 1.28. The van der Waals surface area contributed by atoms with Gasteiger partial charge in [-0.05, 0) is 47.7 Å². The number of fused-ring (bicyclic) bond motifs is 1. The number of para-hydroxylation sites is 1. The predicted octanol–water partition coefficient (Wildman–Crippen LogP) is 4.36. The number of benzene rings is 2. The highest BCUT2D eigenvalue weighted by molar-refractivity contribution is 7.12. The number of Topliss-reactive ketones (excluding diaryl/α,β-unsaturated/α-hetero) is 1. The van der Waals surface area contributed by atoms with E-state index in [0.717, 1.165) is 21.5 Å². The van der Waals surface area contributed by atoms with Crippen molar-refractivity contribution in [3.63, 3.8) is 0 Å². The number of rotatable bonds is 8. The van der Waals surface area contributed by atoms with Gasteiger partial charge in [0.05, 0.1) is 29.1 Å². The van der Waals surface area contributed by atoms with E-state index in [4.69, 9.17) is 4.74 Å². The Hall–Kier alpha value is -3.32. The first kappa shape index (κ1) is 19.0. The first-order valence-corrected chi connectivity index (χ1v) is 10.2. The molecule has 146 valence electrons. The van der Waals surface area contributed by atoms with Gasteiger partial charge in [-0.15, -0.1) is 16.4 Å². The molecule has 0 N–H and O–H groups in total. The van der Waals surface area contributed by atoms with E-state index in [2.05, 4.69) is 10.3 Å². The van der Waals surface area contributed by atoms with E-state index in [1.165, 1.54) is 11.3 Å². The molecular formula is C22H19N3O3S. The Morgan fingerprint density at radius 3 is 2.62 bits per heavy atom. The quantitative estimate of drug-likeness (QED) is 0.247. The largest absolute Gasteiger partial charge is 0.462 e. The number of ether oxygens (including phenoxy) is 1. The third-order valence-electron chi connectivity index (χ3n) is 4.52. The molecule has 0 bridgehead atoms. The Morgan fingerprint density at radius 1 is 1.00 bits per heavy atom. The summed E-state index contributed by atoms with van der Waals surface area (Å²) in [6.07, 6.45) is 0.887. The molecule has 29 heavy (non-hydrogen) atoms. The van der Waals surface area contributed by atoms with Crippen LogP contribution < -0.4 is 0 Å². The van der Waals surface area contributed by atoms with E-state index in [1.54, 1.807) is 12.1 Å². The van der Waals surface area contributed by atoms with Crippen molar-refractivity contribution in [2.75, 3.05) is 6.61 Å². The van der Waals surface area contributed by atoms with Crippen molar-refractivity contribution >= 4 is 34.1 Å². The van der Waals surface area contributed by atoms with Crippen LogP contribution >= 0.6 is 11.3 Å². The van der Waals surface area contributed by atoms with Crippen molar-refractivity contribution in [2.24, 2.45) is 0 Å². The molecule has 0 aliphatic carbocycles. The van der Waals surface area contributed by atoms with E-state index in [-0.39, 0.29) is 18.4 Å². The maximum atomic E-state index is 12.2. The van der Waals surface area contributed by atoms with Crippen LogP contribution in [0.2, 0.25) is 0 Å². The van der Waals surface area contributed by atoms with E-state index >= 15 is 0 Å². The first-order chi connectivity index (χ1) is 14.2. The molecular weight excluding hydrogens is 386 g/mol. The number of hydrogen-bond donors (Lipinski definition) is 0. The molecule has 0 amide bonds. The highest BCUT2D eigenvalue weighted by Gasteiger charge is 2.10. The van der Waals surface area contributed by atoms with Crippen LogP contribution in [0.5, 0.6) is 0 Å². The normalized spacial score (nSPS) is 10.9. The molecule has 4 aromatic rings. The van der Waals surface area contributed by atoms with Gasteiger partial charge in [-0.1, -0.05) is 35.5 Å². The Bertz CT molecular complexity index is 1120. The van der Waals surface area contributed by atoms with Crippen molar-refractivity contribution < 1.29 is 14.3 Å². The summed E-state index contributed by atoms with van der Waals surface area (Å²) in [7, 11) is 0. The van der Waals surface area contributed by atoms with Crippen LogP contribution in [0.3, 0.4) is 0 Å². The maximum Gasteiger partial charge on any atom is 0.338 e. The molecule has 4 rings (SSSR count). The molecule has 7 heteroatoms. The summed E-state index contributed by atoms with van der Waals surface area (Å²) in [4.78, 5) is 24.9. The van der Waals surface area contributed by atoms with Crippen LogP contribution in [-0.2, 0) is 11.3 Å². The van der Waals surface area contributed by atoms with Gasteiger partial charge in [0.2, 0.25) is 0 Å². The minimum atomic E-state index is -0.383. The van der Waals surface area contributed by atoms with E-state index in [1.807, 2.05) is 58.6 Å². The lowest BCUT2D eigenvalue weighted by molar-refractivity contribution is 0.0494. The van der Waals surface area contributed by atoms with Crippen molar-refractivity contribution in [1.82, 2.24) is 15.0 Å². The molecule has 0 saturated carbocycles. The molecule has 2 aromatic carbocycles. The number of carbonyl (C=O) groups is 2. The molecule has 0 unspecified atom stereocenters. The fraction of sp³-hybridized carbons (Fsp3) is 0.182. The summed E-state index contributed by atoms with van der Waals surface area (Å²) in [6, 6.07) is 18.7. The third kappa shape index (κ3) is 4.57. The van der Waals surface area contributed by atoms with Gasteiger partial charge in [-0.2, -0.15) is 0 Å². The van der Waals surface area contributed by atoms with Crippen LogP contribution in [0, 0.1) is 0 Å². The molecule has 0 radical (unpaired) electrons. The minimum Gasteiger partial charge on any atom is -0.462 e. The number of nitrogens with zero attached hydrogens (tertiary/aromatic N) is 3. The minimum absolute atomic E-state index is 0.0843. The van der Waals surface area contributed by atoms with Gasteiger partial charge in [0, 0.05) is 6.42 Å². The van der Waals surface area contributed by atoms with Crippen molar-refractivity contribution in [1.29, 1.82) is 0 Å². The predicted molar refractivity (Wildman–Crippen MR) is 111 cm³/mol. The van der Waals surface area contributed by atoms with Crippen molar-refractivity contribution in [3.8, 4) is 0 Å². The fourth-order valence-corrected chi connectivity index (χ4v) is 3.69. The van der Waals surface area contributed by atoms with E-state index < -0.39 is 0 Å². The number of esters is 1. The summed E-state index contributed by atoms with van der Waals surface area (Å²) in [6.45, 7) is 0.795. The highest BCUT2D eigenvalue weighted by atomic mass is 32.1. The van der Waals surface area contributed by atoms with Gasteiger partial charge >= 0.3 is 5.97 Å². The van der Waals surface area contributed by atoms with Crippen LogP contribution in [0.25, 0.3) is 11.0 Å². The topological polar surface area (TPSA) is 74.1 Å². The van der Waals surface area contributed by atoms with Gasteiger partial charge in [-0.3, -0.25) is 4.79 Å². The molecule has 2 aromatic heterocycles. The lowest BCUT2D eigenvalue weighted by Gasteiger charge is -2.06. The molecule has 0 atom stereocenters. The maximum absolute atomic E-state index is 12.2. The fourth-order valence-electron chi connectivity index (χ4n) is 2.99. The Morgan fingerprint density at radius 2 is 1.83 bits per heavy atom. The van der Waals surface area contributed by atoms with Crippen LogP contribution in [-0.4, -0.2) is 33.4 Å². The molecule has 0 aliphatic rings. The molecule has 0 saturated heterocycles. The second kappa shape index (κ2) is 8.79. The number of hydrogen-bond acceptors (Lipinski definition) is 6. The summed E-state index contributed by atoms with van der Waals surface area (Å²) >= 11 is 1.43. The summed E-state index contributed by atoms with van der Waals surface area (Å²) < 4.78 is 7.11. The summed E-state index contributed by atoms with van der Waals surface area (Å²) in [5.41, 5.74) is 3.32. The van der Waals surface area contributed by atoms with Gasteiger partial charge < -0.3 is 4.74 Å². The van der Waals surface area contributed by atoms with Crippen molar-refractivity contribution in [2.45, 2.75) is 19.4 Å². The van der Waals surface area contributed by atoms with Gasteiger partial charge in [0.15, 0.2) is 5.78 Å². The second-order valence-corrected chi connectivity index (χ2v) is 7.52. The zero-order valence-corrected chi connectivity index (χ0v) is 16.5. The average Bonchev–Trinajstić information content (AvgIpc) is 3.42. The Labute approximate surface area is 171 Å². The number of carbonyl (C=O) groups excluding carboxylic acids is 2. The first-order valence-electron chi connectivity index (χ1n) is 9.32. The zero-order valence-electron chi connectivity index (χ0n) is 15.7. The molecule has 6 nitrogen and oxygen atoms in total. The van der Waals surface area contributed by atoms with Crippen LogP contribution in [0.4, 0.5) is 0 Å². The smallest absolute Gasteiger partial charge is 0.338 e. The van der Waals surface area contributed by atoms with E-state index in [0.29, 0.717) is 24.9 Å². The monoisotopic (exact) mass is 405 g/mol. The van der Waals surface area contributed by atoms with Crippen molar-refractivity contribution in [3.05, 3.63) is 82.0 Å². The lowest BCUT2D eigenvalue weighted by atomic mass is 10.1. The van der Waals surface area contributed by atoms with E-state index in [9.17, 15) is 9.59 Å². The number of ketones is 1. The highest BCUT2D eigenvalue weighted by Crippen LogP contribution is 2.14. The summed E-state index contributed by atoms with van der Waals surface area (Å²) in [5, 5.41) is 10.2. The number of aromatic nitrogens is 3. The zero-order chi connectivity index (χ0) is 20.1. The number of thiophene rings is 1. The molecule has 0 fully saturated rings. The van der Waals surface area contributed by atoms with Gasteiger partial charge in [0.25, 0.3) is 0 Å². The standard InChI is InChI=1S/C22H19N3O3S/c26-20(21-8-4-14-29-21)7-3-13-28-22(27)17-11-9-16(10-12-17)15-25-19-6-2-1-5-18(19)23-24-25/h1-2,4-6,8-12,14H,3,7,13,15H2. The average molecular weight is 405 g/mol. The molecule has 0 aliphatic heterocycles. The third-order valence-corrected chi connectivity index (χ3v) is 5.43. The molecule has 2 heterocycles. The van der Waals surface area contributed by atoms with Gasteiger partial charge in [-0.25, -0.2) is 9.48 Å². The SMILES string of the molecule is O=C(OCCCC(=O)c1cccs1)c1ccc(Cn2nnc3ccccc32)cc1. The summed E-state index contributed by atoms with van der Waals surface area (Å²) in [5.74, 6) is -0.299. The lowest BCUT2D eigenvalue weighted by Crippen LogP contribution is -2.08.